The average molecular weight is 293 g/mol. The quantitative estimate of drug-likeness (QED) is 0.764. The van der Waals surface area contributed by atoms with Gasteiger partial charge in [0.25, 0.3) is 0 Å². The van der Waals surface area contributed by atoms with Crippen LogP contribution >= 0.6 is 0 Å². The highest BCUT2D eigenvalue weighted by Gasteiger charge is 2.29. The number of hydrogen-bond acceptors (Lipinski definition) is 4. The summed E-state index contributed by atoms with van der Waals surface area (Å²) in [6, 6.07) is 7.82. The Balaban J connectivity index is 3.21. The van der Waals surface area contributed by atoms with Crippen LogP contribution in [0.5, 0.6) is 5.75 Å². The van der Waals surface area contributed by atoms with Crippen molar-refractivity contribution >= 4 is 5.91 Å². The van der Waals surface area contributed by atoms with E-state index >= 15 is 0 Å². The number of carbonyl (C=O) groups excluding carboxylic acids is 1. The van der Waals surface area contributed by atoms with E-state index in [4.69, 9.17) is 16.2 Å². The first kappa shape index (κ1) is 17.5. The highest BCUT2D eigenvalue weighted by molar-refractivity contribution is 5.76. The van der Waals surface area contributed by atoms with Gasteiger partial charge in [0.2, 0.25) is 5.91 Å². The number of rotatable bonds is 8. The summed E-state index contributed by atoms with van der Waals surface area (Å²) in [5.74, 6) is 0.434. The smallest absolute Gasteiger partial charge is 0.231 e. The molecule has 0 bridgehead atoms. The van der Waals surface area contributed by atoms with Gasteiger partial charge in [0.1, 0.15) is 5.75 Å². The van der Waals surface area contributed by atoms with Gasteiger partial charge in [-0.3, -0.25) is 9.69 Å². The predicted octanol–water partition coefficient (Wildman–Crippen LogP) is 1.67. The molecule has 21 heavy (non-hydrogen) atoms. The van der Waals surface area contributed by atoms with Crippen LogP contribution < -0.4 is 16.2 Å². The average Bonchev–Trinajstić information content (AvgIpc) is 2.46. The molecule has 1 rings (SSSR count). The third-order valence-electron chi connectivity index (χ3n) is 3.67. The summed E-state index contributed by atoms with van der Waals surface area (Å²) in [6.45, 7) is 6.31. The normalized spacial score (nSPS) is 14.2. The van der Waals surface area contributed by atoms with Gasteiger partial charge in [-0.1, -0.05) is 19.1 Å². The molecule has 0 spiro atoms. The lowest BCUT2D eigenvalue weighted by atomic mass is 9.95. The van der Waals surface area contributed by atoms with E-state index in [9.17, 15) is 4.79 Å². The van der Waals surface area contributed by atoms with Gasteiger partial charge >= 0.3 is 0 Å². The lowest BCUT2D eigenvalue weighted by Gasteiger charge is -2.37. The Labute approximate surface area is 127 Å². The number of primary amides is 1. The van der Waals surface area contributed by atoms with Gasteiger partial charge in [-0.05, 0) is 38.0 Å². The van der Waals surface area contributed by atoms with Crippen molar-refractivity contribution in [2.24, 2.45) is 11.5 Å². The summed E-state index contributed by atoms with van der Waals surface area (Å²) < 4.78 is 5.29. The molecule has 0 radical (unpaired) electrons. The Morgan fingerprint density at radius 2 is 2.05 bits per heavy atom. The first-order chi connectivity index (χ1) is 9.90. The molecule has 0 aromatic heterocycles. The van der Waals surface area contributed by atoms with Crippen molar-refractivity contribution in [1.82, 2.24) is 4.90 Å². The highest BCUT2D eigenvalue weighted by atomic mass is 16.5. The molecule has 0 heterocycles. The predicted molar refractivity (Wildman–Crippen MR) is 85.0 cm³/mol. The topological polar surface area (TPSA) is 81.6 Å². The molecule has 5 heteroatoms. The number of nitrogens with two attached hydrogens (primary N) is 2. The third kappa shape index (κ3) is 4.72. The summed E-state index contributed by atoms with van der Waals surface area (Å²) in [7, 11) is 1.64. The Kier molecular flexibility index (Phi) is 6.65. The minimum Gasteiger partial charge on any atom is -0.497 e. The molecule has 1 aromatic carbocycles. The Morgan fingerprint density at radius 3 is 2.52 bits per heavy atom. The summed E-state index contributed by atoms with van der Waals surface area (Å²) in [4.78, 5) is 13.4. The Hall–Kier alpha value is -1.59. The minimum atomic E-state index is -0.347. The van der Waals surface area contributed by atoms with Crippen molar-refractivity contribution in [3.8, 4) is 5.75 Å². The fourth-order valence-electron chi connectivity index (χ4n) is 2.52. The van der Waals surface area contributed by atoms with Gasteiger partial charge < -0.3 is 16.2 Å². The maximum atomic E-state index is 11.4. The van der Waals surface area contributed by atoms with E-state index in [0.29, 0.717) is 0 Å². The van der Waals surface area contributed by atoms with E-state index in [1.807, 2.05) is 49.9 Å². The fourth-order valence-corrected chi connectivity index (χ4v) is 2.52. The van der Waals surface area contributed by atoms with E-state index in [1.165, 1.54) is 0 Å². The Morgan fingerprint density at radius 1 is 1.38 bits per heavy atom. The van der Waals surface area contributed by atoms with E-state index in [-0.39, 0.29) is 30.6 Å². The third-order valence-corrected chi connectivity index (χ3v) is 3.67. The van der Waals surface area contributed by atoms with E-state index in [1.54, 1.807) is 7.11 Å². The molecule has 1 aromatic rings. The fraction of sp³-hybridized carbons (Fsp3) is 0.562. The molecular formula is C16H27N3O2. The second-order valence-corrected chi connectivity index (χ2v) is 5.53. The summed E-state index contributed by atoms with van der Waals surface area (Å²) in [6.07, 6.45) is 0.809. The molecule has 0 saturated carbocycles. The standard InChI is InChI=1S/C16H27N3O2/c1-5-14(17)16(19(11(2)3)10-15(18)20)12-7-6-8-13(9-12)21-4/h6-9,11,14,16H,5,10,17H2,1-4H3,(H2,18,20). The summed E-state index contributed by atoms with van der Waals surface area (Å²) in [5, 5.41) is 0. The minimum absolute atomic E-state index is 0.0717. The number of methoxy groups -OCH3 is 1. The number of hydrogen-bond donors (Lipinski definition) is 2. The monoisotopic (exact) mass is 293 g/mol. The zero-order valence-electron chi connectivity index (χ0n) is 13.4. The van der Waals surface area contributed by atoms with Crippen LogP contribution in [0.4, 0.5) is 0 Å². The van der Waals surface area contributed by atoms with Crippen LogP contribution in [0, 0.1) is 0 Å². The van der Waals surface area contributed by atoms with Crippen LogP contribution in [0.25, 0.3) is 0 Å². The number of nitrogens with zero attached hydrogens (tertiary/aromatic N) is 1. The molecule has 0 saturated heterocycles. The van der Waals surface area contributed by atoms with Gasteiger partial charge in [0, 0.05) is 12.1 Å². The van der Waals surface area contributed by atoms with Gasteiger partial charge in [-0.25, -0.2) is 0 Å². The molecule has 0 fully saturated rings. The van der Waals surface area contributed by atoms with Crippen molar-refractivity contribution in [2.75, 3.05) is 13.7 Å². The molecule has 118 valence electrons. The molecule has 1 amide bonds. The van der Waals surface area contributed by atoms with Crippen molar-refractivity contribution in [2.45, 2.75) is 45.3 Å². The van der Waals surface area contributed by atoms with Crippen LogP contribution in [0.2, 0.25) is 0 Å². The van der Waals surface area contributed by atoms with Crippen LogP contribution in [-0.2, 0) is 4.79 Å². The SMILES string of the molecule is CCC(N)C(c1cccc(OC)c1)N(CC(N)=O)C(C)C. The Bertz CT molecular complexity index is 463. The van der Waals surface area contributed by atoms with Gasteiger partial charge in [0.15, 0.2) is 0 Å². The first-order valence-corrected chi connectivity index (χ1v) is 7.34. The lowest BCUT2D eigenvalue weighted by Crippen LogP contribution is -2.47. The van der Waals surface area contributed by atoms with E-state index in [2.05, 4.69) is 0 Å². The van der Waals surface area contributed by atoms with Crippen molar-refractivity contribution in [3.63, 3.8) is 0 Å². The number of ether oxygens (including phenoxy) is 1. The molecule has 4 N–H and O–H groups in total. The second-order valence-electron chi connectivity index (χ2n) is 5.53. The molecule has 2 unspecified atom stereocenters. The maximum absolute atomic E-state index is 11.4. The largest absolute Gasteiger partial charge is 0.497 e. The van der Waals surface area contributed by atoms with E-state index in [0.717, 1.165) is 17.7 Å². The van der Waals surface area contributed by atoms with Crippen molar-refractivity contribution < 1.29 is 9.53 Å². The second kappa shape index (κ2) is 8.00. The summed E-state index contributed by atoms with van der Waals surface area (Å²) in [5.41, 5.74) is 12.8. The molecule has 2 atom stereocenters. The highest BCUT2D eigenvalue weighted by Crippen LogP contribution is 2.29. The number of carbonyl (C=O) groups is 1. The van der Waals surface area contributed by atoms with Gasteiger partial charge in [0.05, 0.1) is 19.7 Å². The first-order valence-electron chi connectivity index (χ1n) is 7.34. The summed E-state index contributed by atoms with van der Waals surface area (Å²) >= 11 is 0. The van der Waals surface area contributed by atoms with Crippen LogP contribution in [0.1, 0.15) is 38.8 Å². The van der Waals surface area contributed by atoms with Crippen molar-refractivity contribution in [3.05, 3.63) is 29.8 Å². The maximum Gasteiger partial charge on any atom is 0.231 e. The number of benzene rings is 1. The van der Waals surface area contributed by atoms with Crippen molar-refractivity contribution in [1.29, 1.82) is 0 Å². The zero-order valence-corrected chi connectivity index (χ0v) is 13.4. The van der Waals surface area contributed by atoms with Gasteiger partial charge in [-0.2, -0.15) is 0 Å². The van der Waals surface area contributed by atoms with Crippen LogP contribution in [0.15, 0.2) is 24.3 Å². The van der Waals surface area contributed by atoms with Crippen LogP contribution in [-0.4, -0.2) is 36.5 Å². The molecular weight excluding hydrogens is 266 g/mol. The lowest BCUT2D eigenvalue weighted by molar-refractivity contribution is -0.120. The molecule has 0 aliphatic carbocycles. The molecule has 0 aliphatic heterocycles. The zero-order chi connectivity index (χ0) is 16.0. The van der Waals surface area contributed by atoms with Crippen LogP contribution in [0.3, 0.4) is 0 Å². The van der Waals surface area contributed by atoms with Gasteiger partial charge in [-0.15, -0.1) is 0 Å². The molecule has 0 aliphatic rings. The molecule has 5 nitrogen and oxygen atoms in total. The number of amides is 1. The van der Waals surface area contributed by atoms with E-state index < -0.39 is 0 Å².